The zero-order valence-electron chi connectivity index (χ0n) is 10.5. The Morgan fingerprint density at radius 3 is 2.85 bits per heavy atom. The van der Waals surface area contributed by atoms with E-state index in [1.54, 1.807) is 24.6 Å². The molecular formula is C13H11N3O3S. The summed E-state index contributed by atoms with van der Waals surface area (Å²) in [5, 5.41) is 11.2. The van der Waals surface area contributed by atoms with Gasteiger partial charge in [0.2, 0.25) is 0 Å². The third-order valence-electron chi connectivity index (χ3n) is 2.40. The number of anilines is 1. The Bertz CT molecular complexity index is 679. The van der Waals surface area contributed by atoms with Crippen molar-refractivity contribution in [3.05, 3.63) is 46.1 Å². The highest BCUT2D eigenvalue weighted by molar-refractivity contribution is 7.12. The topological polar surface area (TPSA) is 92.2 Å². The SMILES string of the molecule is Cc1ncsc1C(=O)Nc1cc(/C=C/C(=O)O)ccn1. The van der Waals surface area contributed by atoms with Gasteiger partial charge in [-0.1, -0.05) is 0 Å². The number of carboxylic acids is 1. The van der Waals surface area contributed by atoms with E-state index in [1.807, 2.05) is 0 Å². The minimum atomic E-state index is -1.03. The molecule has 2 aromatic heterocycles. The number of aliphatic carboxylic acids is 1. The Kier molecular flexibility index (Phi) is 4.21. The molecule has 1 amide bonds. The molecule has 2 heterocycles. The van der Waals surface area contributed by atoms with Crippen molar-refractivity contribution in [3.63, 3.8) is 0 Å². The van der Waals surface area contributed by atoms with Crippen molar-refractivity contribution < 1.29 is 14.7 Å². The van der Waals surface area contributed by atoms with Crippen LogP contribution in [0.4, 0.5) is 5.82 Å². The van der Waals surface area contributed by atoms with Crippen LogP contribution in [0.2, 0.25) is 0 Å². The number of carboxylic acid groups (broad SMARTS) is 1. The van der Waals surface area contributed by atoms with Gasteiger partial charge in [0.25, 0.3) is 5.91 Å². The maximum absolute atomic E-state index is 12.0. The summed E-state index contributed by atoms with van der Waals surface area (Å²) < 4.78 is 0. The van der Waals surface area contributed by atoms with Crippen LogP contribution in [0.25, 0.3) is 6.08 Å². The Morgan fingerprint density at radius 1 is 1.40 bits per heavy atom. The Morgan fingerprint density at radius 2 is 2.20 bits per heavy atom. The lowest BCUT2D eigenvalue weighted by Gasteiger charge is -2.03. The highest BCUT2D eigenvalue weighted by atomic mass is 32.1. The van der Waals surface area contributed by atoms with Gasteiger partial charge in [-0.25, -0.2) is 14.8 Å². The molecule has 7 heteroatoms. The maximum atomic E-state index is 12.0. The molecule has 0 aliphatic heterocycles. The lowest BCUT2D eigenvalue weighted by atomic mass is 10.2. The molecule has 0 bridgehead atoms. The van der Waals surface area contributed by atoms with Gasteiger partial charge in [0.05, 0.1) is 11.2 Å². The maximum Gasteiger partial charge on any atom is 0.328 e. The third kappa shape index (κ3) is 3.48. The van der Waals surface area contributed by atoms with Crippen LogP contribution in [0.3, 0.4) is 0 Å². The van der Waals surface area contributed by atoms with E-state index >= 15 is 0 Å². The molecule has 0 aromatic carbocycles. The number of aromatic nitrogens is 2. The van der Waals surface area contributed by atoms with Gasteiger partial charge in [0, 0.05) is 12.3 Å². The molecular weight excluding hydrogens is 278 g/mol. The lowest BCUT2D eigenvalue weighted by molar-refractivity contribution is -0.131. The number of rotatable bonds is 4. The van der Waals surface area contributed by atoms with E-state index in [4.69, 9.17) is 5.11 Å². The Hall–Kier alpha value is -2.54. The summed E-state index contributed by atoms with van der Waals surface area (Å²) in [5.74, 6) is -0.958. The molecule has 0 radical (unpaired) electrons. The average molecular weight is 289 g/mol. The number of hydrogen-bond donors (Lipinski definition) is 2. The van der Waals surface area contributed by atoms with Gasteiger partial charge in [0.15, 0.2) is 0 Å². The summed E-state index contributed by atoms with van der Waals surface area (Å²) in [6.07, 6.45) is 3.95. The first-order valence-electron chi connectivity index (χ1n) is 5.65. The molecule has 6 nitrogen and oxygen atoms in total. The van der Waals surface area contributed by atoms with Gasteiger partial charge in [-0.05, 0) is 30.7 Å². The number of thiazole rings is 1. The molecule has 2 N–H and O–H groups in total. The molecule has 0 saturated heterocycles. The summed E-state index contributed by atoms with van der Waals surface area (Å²) in [4.78, 5) is 31.0. The predicted octanol–water partition coefficient (Wildman–Crippen LogP) is 2.20. The van der Waals surface area contributed by atoms with Crippen molar-refractivity contribution >= 4 is 35.1 Å². The van der Waals surface area contributed by atoms with Crippen LogP contribution >= 0.6 is 11.3 Å². The van der Waals surface area contributed by atoms with Crippen molar-refractivity contribution in [3.8, 4) is 0 Å². The lowest BCUT2D eigenvalue weighted by Crippen LogP contribution is -2.12. The van der Waals surface area contributed by atoms with E-state index in [-0.39, 0.29) is 5.91 Å². The van der Waals surface area contributed by atoms with Crippen molar-refractivity contribution in [2.75, 3.05) is 5.32 Å². The van der Waals surface area contributed by atoms with E-state index in [0.29, 0.717) is 22.0 Å². The monoisotopic (exact) mass is 289 g/mol. The average Bonchev–Trinajstić information content (AvgIpc) is 2.83. The van der Waals surface area contributed by atoms with Crippen molar-refractivity contribution in [2.45, 2.75) is 6.92 Å². The smallest absolute Gasteiger partial charge is 0.328 e. The molecule has 0 spiro atoms. The van der Waals surface area contributed by atoms with E-state index in [9.17, 15) is 9.59 Å². The van der Waals surface area contributed by atoms with Crippen LogP contribution in [0, 0.1) is 6.92 Å². The number of carbonyl (C=O) groups is 2. The fourth-order valence-corrected chi connectivity index (χ4v) is 2.18. The van der Waals surface area contributed by atoms with E-state index in [2.05, 4.69) is 15.3 Å². The zero-order chi connectivity index (χ0) is 14.5. The second-order valence-corrected chi connectivity index (χ2v) is 4.72. The summed E-state index contributed by atoms with van der Waals surface area (Å²) in [6, 6.07) is 3.24. The first-order chi connectivity index (χ1) is 9.56. The van der Waals surface area contributed by atoms with E-state index < -0.39 is 5.97 Å². The van der Waals surface area contributed by atoms with Gasteiger partial charge in [-0.3, -0.25) is 4.79 Å². The fourth-order valence-electron chi connectivity index (χ4n) is 1.48. The zero-order valence-corrected chi connectivity index (χ0v) is 11.3. The van der Waals surface area contributed by atoms with Crippen LogP contribution in [-0.2, 0) is 4.79 Å². The molecule has 0 fully saturated rings. The molecule has 2 rings (SSSR count). The van der Waals surface area contributed by atoms with Crippen LogP contribution in [0.5, 0.6) is 0 Å². The Balaban J connectivity index is 2.14. The third-order valence-corrected chi connectivity index (χ3v) is 3.32. The first kappa shape index (κ1) is 13.9. The molecule has 0 atom stereocenters. The van der Waals surface area contributed by atoms with Crippen LogP contribution in [-0.4, -0.2) is 27.0 Å². The number of nitrogens with one attached hydrogen (secondary N) is 1. The van der Waals surface area contributed by atoms with Crippen LogP contribution < -0.4 is 5.32 Å². The first-order valence-corrected chi connectivity index (χ1v) is 6.52. The molecule has 0 aliphatic rings. The van der Waals surface area contributed by atoms with Crippen LogP contribution in [0.1, 0.15) is 20.9 Å². The quantitative estimate of drug-likeness (QED) is 0.842. The van der Waals surface area contributed by atoms with E-state index in [0.717, 1.165) is 6.08 Å². The summed E-state index contributed by atoms with van der Waals surface area (Å²) in [6.45, 7) is 1.75. The molecule has 0 unspecified atom stereocenters. The minimum absolute atomic E-state index is 0.281. The molecule has 0 saturated carbocycles. The molecule has 0 aliphatic carbocycles. The van der Waals surface area contributed by atoms with Crippen molar-refractivity contribution in [1.82, 2.24) is 9.97 Å². The van der Waals surface area contributed by atoms with Gasteiger partial charge in [0.1, 0.15) is 10.7 Å². The van der Waals surface area contributed by atoms with Gasteiger partial charge in [-0.2, -0.15) is 0 Å². The highest BCUT2D eigenvalue weighted by Crippen LogP contribution is 2.15. The van der Waals surface area contributed by atoms with Gasteiger partial charge >= 0.3 is 5.97 Å². The van der Waals surface area contributed by atoms with E-state index in [1.165, 1.54) is 23.6 Å². The van der Waals surface area contributed by atoms with Crippen LogP contribution in [0.15, 0.2) is 29.9 Å². The minimum Gasteiger partial charge on any atom is -0.478 e. The number of pyridine rings is 1. The standard InChI is InChI=1S/C13H11N3O3S/c1-8-12(20-7-15-8)13(19)16-10-6-9(4-5-14-10)2-3-11(17)18/h2-7H,1H3,(H,17,18)(H,14,16,19)/b3-2+. The highest BCUT2D eigenvalue weighted by Gasteiger charge is 2.12. The molecule has 2 aromatic rings. The number of hydrogen-bond acceptors (Lipinski definition) is 5. The predicted molar refractivity (Wildman–Crippen MR) is 75.7 cm³/mol. The number of aryl methyl sites for hydroxylation is 1. The number of carbonyl (C=O) groups excluding carboxylic acids is 1. The van der Waals surface area contributed by atoms with Gasteiger partial charge < -0.3 is 10.4 Å². The van der Waals surface area contributed by atoms with Crippen molar-refractivity contribution in [2.24, 2.45) is 0 Å². The molecule has 20 heavy (non-hydrogen) atoms. The summed E-state index contributed by atoms with van der Waals surface area (Å²) in [7, 11) is 0. The van der Waals surface area contributed by atoms with Gasteiger partial charge in [-0.15, -0.1) is 11.3 Å². The molecule has 102 valence electrons. The second kappa shape index (κ2) is 6.07. The Labute approximate surface area is 118 Å². The number of nitrogens with zero attached hydrogens (tertiary/aromatic N) is 2. The normalized spacial score (nSPS) is 10.7. The van der Waals surface area contributed by atoms with Crippen molar-refractivity contribution in [1.29, 1.82) is 0 Å². The summed E-state index contributed by atoms with van der Waals surface area (Å²) >= 11 is 1.25. The number of amides is 1. The second-order valence-electron chi connectivity index (χ2n) is 3.87. The fraction of sp³-hybridized carbons (Fsp3) is 0.0769. The largest absolute Gasteiger partial charge is 0.478 e. The summed E-state index contributed by atoms with van der Waals surface area (Å²) in [5.41, 5.74) is 2.90.